The molecular formula is C13H14FNO3. The predicted molar refractivity (Wildman–Crippen MR) is 64.6 cm³/mol. The number of carbonyl (C=O) groups is 1. The lowest BCUT2D eigenvalue weighted by atomic mass is 10.1. The molecule has 0 amide bonds. The molecule has 4 nitrogen and oxygen atoms in total. The number of aliphatic hydroxyl groups excluding tert-OH is 1. The Morgan fingerprint density at radius 2 is 2.17 bits per heavy atom. The molecule has 1 unspecified atom stereocenters. The molecule has 0 aliphatic carbocycles. The second-order valence-corrected chi connectivity index (χ2v) is 4.25. The van der Waals surface area contributed by atoms with E-state index < -0.39 is 17.9 Å². The van der Waals surface area contributed by atoms with Crippen molar-refractivity contribution in [3.05, 3.63) is 35.3 Å². The Kier molecular flexibility index (Phi) is 3.09. The standard InChI is InChI=1S/C13H14FNO3/c1-7-6-15(2)11-9(7)4-8(5-10(11)14)12(16)13(17)18-3/h4-6,12,16H,1-3H3. The molecule has 1 aromatic carbocycles. The maximum Gasteiger partial charge on any atom is 0.339 e. The highest BCUT2D eigenvalue weighted by molar-refractivity contribution is 5.86. The third kappa shape index (κ3) is 1.86. The lowest BCUT2D eigenvalue weighted by Gasteiger charge is -2.10. The number of aliphatic hydroxyl groups is 1. The van der Waals surface area contributed by atoms with Crippen LogP contribution >= 0.6 is 0 Å². The number of rotatable bonds is 2. The van der Waals surface area contributed by atoms with Crippen LogP contribution in [0.25, 0.3) is 10.9 Å². The zero-order valence-corrected chi connectivity index (χ0v) is 10.4. The molecule has 0 radical (unpaired) electrons. The fourth-order valence-electron chi connectivity index (χ4n) is 2.11. The van der Waals surface area contributed by atoms with Gasteiger partial charge in [-0.25, -0.2) is 9.18 Å². The van der Waals surface area contributed by atoms with Gasteiger partial charge in [0.1, 0.15) is 5.82 Å². The van der Waals surface area contributed by atoms with Crippen molar-refractivity contribution in [3.63, 3.8) is 0 Å². The number of fused-ring (bicyclic) bond motifs is 1. The van der Waals surface area contributed by atoms with E-state index in [9.17, 15) is 14.3 Å². The molecule has 1 N–H and O–H groups in total. The van der Waals surface area contributed by atoms with Crippen LogP contribution in [0.1, 0.15) is 17.2 Å². The van der Waals surface area contributed by atoms with Crippen molar-refractivity contribution in [1.29, 1.82) is 0 Å². The first-order valence-corrected chi connectivity index (χ1v) is 5.46. The van der Waals surface area contributed by atoms with E-state index in [0.717, 1.165) is 11.6 Å². The maximum absolute atomic E-state index is 14.0. The molecule has 2 aromatic rings. The predicted octanol–water partition coefficient (Wildman–Crippen LogP) is 1.83. The zero-order valence-electron chi connectivity index (χ0n) is 10.4. The summed E-state index contributed by atoms with van der Waals surface area (Å²) in [7, 11) is 2.92. The van der Waals surface area contributed by atoms with Crippen molar-refractivity contribution in [2.45, 2.75) is 13.0 Å². The van der Waals surface area contributed by atoms with E-state index in [-0.39, 0.29) is 5.56 Å². The molecule has 1 heterocycles. The summed E-state index contributed by atoms with van der Waals surface area (Å²) in [6.07, 6.45) is 0.329. The van der Waals surface area contributed by atoms with E-state index in [1.807, 2.05) is 6.92 Å². The molecule has 0 saturated carbocycles. The average Bonchev–Trinajstić information content (AvgIpc) is 2.63. The number of hydrogen-bond acceptors (Lipinski definition) is 3. The second kappa shape index (κ2) is 4.42. The maximum atomic E-state index is 14.0. The van der Waals surface area contributed by atoms with Crippen molar-refractivity contribution in [1.82, 2.24) is 4.57 Å². The van der Waals surface area contributed by atoms with Gasteiger partial charge in [0, 0.05) is 18.6 Å². The smallest absolute Gasteiger partial charge is 0.339 e. The molecule has 96 valence electrons. The summed E-state index contributed by atoms with van der Waals surface area (Å²) in [4.78, 5) is 11.2. The van der Waals surface area contributed by atoms with Gasteiger partial charge < -0.3 is 14.4 Å². The summed E-state index contributed by atoms with van der Waals surface area (Å²) >= 11 is 0. The van der Waals surface area contributed by atoms with E-state index in [0.29, 0.717) is 10.9 Å². The number of carbonyl (C=O) groups excluding carboxylic acids is 1. The summed E-state index contributed by atoms with van der Waals surface area (Å²) in [6.45, 7) is 1.84. The van der Waals surface area contributed by atoms with Gasteiger partial charge in [-0.3, -0.25) is 0 Å². The van der Waals surface area contributed by atoms with Crippen LogP contribution in [-0.2, 0) is 16.6 Å². The number of ether oxygens (including phenoxy) is 1. The quantitative estimate of drug-likeness (QED) is 0.828. The summed E-state index contributed by atoms with van der Waals surface area (Å²) in [5.41, 5.74) is 1.53. The Hall–Kier alpha value is -1.88. The fraction of sp³-hybridized carbons (Fsp3) is 0.308. The lowest BCUT2D eigenvalue weighted by molar-refractivity contribution is -0.150. The number of hydrogen-bond donors (Lipinski definition) is 1. The van der Waals surface area contributed by atoms with Crippen molar-refractivity contribution >= 4 is 16.9 Å². The number of benzene rings is 1. The Morgan fingerprint density at radius 1 is 1.50 bits per heavy atom. The fourth-order valence-corrected chi connectivity index (χ4v) is 2.11. The monoisotopic (exact) mass is 251 g/mol. The largest absolute Gasteiger partial charge is 0.467 e. The third-order valence-electron chi connectivity index (χ3n) is 2.99. The van der Waals surface area contributed by atoms with Crippen LogP contribution < -0.4 is 0 Å². The van der Waals surface area contributed by atoms with Crippen LogP contribution in [0.3, 0.4) is 0 Å². The van der Waals surface area contributed by atoms with Crippen LogP contribution in [0.5, 0.6) is 0 Å². The molecule has 0 saturated heterocycles. The van der Waals surface area contributed by atoms with Gasteiger partial charge in [-0.15, -0.1) is 0 Å². The minimum atomic E-state index is -1.46. The van der Waals surface area contributed by atoms with Gasteiger partial charge in [-0.2, -0.15) is 0 Å². The Balaban J connectivity index is 2.62. The molecular weight excluding hydrogens is 237 g/mol. The topological polar surface area (TPSA) is 51.5 Å². The van der Waals surface area contributed by atoms with E-state index >= 15 is 0 Å². The molecule has 0 fully saturated rings. The van der Waals surface area contributed by atoms with Gasteiger partial charge in [0.25, 0.3) is 0 Å². The molecule has 0 aliphatic heterocycles. The Morgan fingerprint density at radius 3 is 2.78 bits per heavy atom. The van der Waals surface area contributed by atoms with Crippen molar-refractivity contribution in [2.75, 3.05) is 7.11 Å². The molecule has 0 bridgehead atoms. The SMILES string of the molecule is COC(=O)C(O)c1cc(F)c2c(c1)c(C)cn2C. The third-order valence-corrected chi connectivity index (χ3v) is 2.99. The first kappa shape index (κ1) is 12.6. The molecule has 2 rings (SSSR count). The molecule has 1 atom stereocenters. The van der Waals surface area contributed by atoms with E-state index in [2.05, 4.69) is 4.74 Å². The lowest BCUT2D eigenvalue weighted by Crippen LogP contribution is -2.13. The van der Waals surface area contributed by atoms with Gasteiger partial charge >= 0.3 is 5.97 Å². The number of nitrogens with zero attached hydrogens (tertiary/aromatic N) is 1. The summed E-state index contributed by atoms with van der Waals surface area (Å²) in [5.74, 6) is -1.27. The van der Waals surface area contributed by atoms with Gasteiger partial charge in [-0.05, 0) is 30.2 Å². The highest BCUT2D eigenvalue weighted by atomic mass is 19.1. The van der Waals surface area contributed by atoms with Gasteiger partial charge in [0.15, 0.2) is 6.10 Å². The Bertz CT molecular complexity index is 618. The van der Waals surface area contributed by atoms with Crippen LogP contribution in [0.4, 0.5) is 4.39 Å². The summed E-state index contributed by atoms with van der Waals surface area (Å²) in [6, 6.07) is 2.76. The molecule has 18 heavy (non-hydrogen) atoms. The van der Waals surface area contributed by atoms with E-state index in [4.69, 9.17) is 0 Å². The zero-order chi connectivity index (χ0) is 13.4. The highest BCUT2D eigenvalue weighted by Crippen LogP contribution is 2.27. The number of aryl methyl sites for hydroxylation is 2. The first-order chi connectivity index (χ1) is 8.45. The second-order valence-electron chi connectivity index (χ2n) is 4.25. The Labute approximate surface area is 104 Å². The van der Waals surface area contributed by atoms with Crippen molar-refractivity contribution in [2.24, 2.45) is 7.05 Å². The van der Waals surface area contributed by atoms with Gasteiger partial charge in [-0.1, -0.05) is 0 Å². The van der Waals surface area contributed by atoms with Crippen LogP contribution in [0.15, 0.2) is 18.3 Å². The van der Waals surface area contributed by atoms with E-state index in [1.165, 1.54) is 7.11 Å². The van der Waals surface area contributed by atoms with Gasteiger partial charge in [0.05, 0.1) is 12.6 Å². The average molecular weight is 251 g/mol. The number of halogens is 1. The molecule has 1 aromatic heterocycles. The van der Waals surface area contributed by atoms with Crippen LogP contribution in [0, 0.1) is 12.7 Å². The summed E-state index contributed by atoms with van der Waals surface area (Å²) in [5, 5.41) is 10.4. The van der Waals surface area contributed by atoms with Crippen LogP contribution in [0.2, 0.25) is 0 Å². The normalized spacial score (nSPS) is 12.7. The molecule has 5 heteroatoms. The number of aromatic nitrogens is 1. The molecule has 0 spiro atoms. The van der Waals surface area contributed by atoms with Crippen molar-refractivity contribution in [3.8, 4) is 0 Å². The minimum Gasteiger partial charge on any atom is -0.467 e. The minimum absolute atomic E-state index is 0.196. The molecule has 0 aliphatic rings. The summed E-state index contributed by atoms with van der Waals surface area (Å²) < 4.78 is 20.1. The van der Waals surface area contributed by atoms with E-state index in [1.54, 1.807) is 23.9 Å². The first-order valence-electron chi connectivity index (χ1n) is 5.46. The van der Waals surface area contributed by atoms with Crippen LogP contribution in [-0.4, -0.2) is 22.8 Å². The van der Waals surface area contributed by atoms with Crippen molar-refractivity contribution < 1.29 is 19.0 Å². The number of esters is 1. The highest BCUT2D eigenvalue weighted by Gasteiger charge is 2.21. The van der Waals surface area contributed by atoms with Gasteiger partial charge in [0.2, 0.25) is 0 Å². The number of methoxy groups -OCH3 is 1.